The Labute approximate surface area is 153 Å². The first-order valence-corrected chi connectivity index (χ1v) is 8.34. The van der Waals surface area contributed by atoms with Crippen LogP contribution >= 0.6 is 23.2 Å². The summed E-state index contributed by atoms with van der Waals surface area (Å²) < 4.78 is 19.6. The second kappa shape index (κ2) is 7.01. The van der Waals surface area contributed by atoms with Gasteiger partial charge in [-0.2, -0.15) is 0 Å². The van der Waals surface area contributed by atoms with Gasteiger partial charge in [0.15, 0.2) is 23.1 Å². The summed E-state index contributed by atoms with van der Waals surface area (Å²) in [6, 6.07) is 2.85. The summed E-state index contributed by atoms with van der Waals surface area (Å²) in [5, 5.41) is 0.0704. The molecular formula is C16H15Cl2FN4O2. The number of carbonyl (C=O) groups is 1. The van der Waals surface area contributed by atoms with Gasteiger partial charge in [-0.15, -0.1) is 0 Å². The third-order valence-corrected chi connectivity index (χ3v) is 4.64. The Bertz CT molecular complexity index is 841. The first kappa shape index (κ1) is 17.7. The molecule has 0 aliphatic carbocycles. The van der Waals surface area contributed by atoms with Crippen molar-refractivity contribution in [2.24, 2.45) is 0 Å². The lowest BCUT2D eigenvalue weighted by atomic mass is 10.1. The van der Waals surface area contributed by atoms with Crippen molar-refractivity contribution in [2.75, 3.05) is 25.9 Å². The zero-order valence-corrected chi connectivity index (χ0v) is 14.9. The first-order valence-electron chi connectivity index (χ1n) is 7.58. The number of methoxy groups -OCH3 is 1. The van der Waals surface area contributed by atoms with Crippen LogP contribution in [-0.4, -0.2) is 41.0 Å². The highest BCUT2D eigenvalue weighted by molar-refractivity contribution is 6.35. The van der Waals surface area contributed by atoms with Crippen molar-refractivity contribution >= 4 is 34.9 Å². The third-order valence-electron chi connectivity index (χ3n) is 3.97. The molecule has 9 heteroatoms. The van der Waals surface area contributed by atoms with E-state index in [1.165, 1.54) is 19.2 Å². The number of hydrogen-bond donors (Lipinski definition) is 1. The quantitative estimate of drug-likeness (QED) is 0.876. The van der Waals surface area contributed by atoms with Gasteiger partial charge in [-0.1, -0.05) is 23.2 Å². The lowest BCUT2D eigenvalue weighted by molar-refractivity contribution is 0.0787. The molecule has 25 heavy (non-hydrogen) atoms. The van der Waals surface area contributed by atoms with Crippen LogP contribution in [0.2, 0.25) is 10.0 Å². The largest absolute Gasteiger partial charge is 0.492 e. The predicted molar refractivity (Wildman–Crippen MR) is 93.5 cm³/mol. The van der Waals surface area contributed by atoms with Gasteiger partial charge in [-0.25, -0.2) is 14.4 Å². The highest BCUT2D eigenvalue weighted by Crippen LogP contribution is 2.35. The number of hydrogen-bond acceptors (Lipinski definition) is 5. The van der Waals surface area contributed by atoms with Crippen LogP contribution in [-0.2, 0) is 0 Å². The standard InChI is InChI=1S/C16H15Cl2FN4O2/c1-25-13-9(17)5-4-8(11(13)19)15-21-12(10(18)14(20)22-15)16(24)23-6-2-3-7-23/h4-5H,2-3,6-7H2,1H3,(H2,20,21,22). The van der Waals surface area contributed by atoms with Crippen LogP contribution in [0.25, 0.3) is 11.4 Å². The molecule has 2 N–H and O–H groups in total. The number of ether oxygens (including phenoxy) is 1. The Morgan fingerprint density at radius 3 is 2.60 bits per heavy atom. The van der Waals surface area contributed by atoms with E-state index in [9.17, 15) is 9.18 Å². The van der Waals surface area contributed by atoms with Gasteiger partial charge < -0.3 is 15.4 Å². The van der Waals surface area contributed by atoms with E-state index in [1.54, 1.807) is 4.90 Å². The minimum atomic E-state index is -0.740. The zero-order chi connectivity index (χ0) is 18.1. The van der Waals surface area contributed by atoms with E-state index < -0.39 is 5.82 Å². The van der Waals surface area contributed by atoms with Gasteiger partial charge in [-0.05, 0) is 25.0 Å². The van der Waals surface area contributed by atoms with E-state index in [2.05, 4.69) is 9.97 Å². The molecule has 1 amide bonds. The fourth-order valence-corrected chi connectivity index (χ4v) is 3.08. The number of halogens is 3. The van der Waals surface area contributed by atoms with E-state index in [1.807, 2.05) is 0 Å². The highest BCUT2D eigenvalue weighted by Gasteiger charge is 2.26. The fraction of sp³-hybridized carbons (Fsp3) is 0.312. The smallest absolute Gasteiger partial charge is 0.274 e. The van der Waals surface area contributed by atoms with Gasteiger partial charge in [0.25, 0.3) is 5.91 Å². The molecule has 0 saturated carbocycles. The summed E-state index contributed by atoms with van der Waals surface area (Å²) in [6.45, 7) is 1.25. The molecule has 132 valence electrons. The Balaban J connectivity index is 2.11. The molecule has 1 saturated heterocycles. The van der Waals surface area contributed by atoms with E-state index >= 15 is 0 Å². The summed E-state index contributed by atoms with van der Waals surface area (Å²) in [6.07, 6.45) is 1.83. The minimum absolute atomic E-state index is 0.0140. The van der Waals surface area contributed by atoms with Crippen molar-refractivity contribution in [3.05, 3.63) is 33.7 Å². The van der Waals surface area contributed by atoms with Crippen LogP contribution in [0.4, 0.5) is 10.2 Å². The number of likely N-dealkylation sites (tertiary alicyclic amines) is 1. The second-order valence-electron chi connectivity index (χ2n) is 5.54. The van der Waals surface area contributed by atoms with E-state index in [4.69, 9.17) is 33.7 Å². The summed E-state index contributed by atoms with van der Waals surface area (Å²) >= 11 is 12.0. The third kappa shape index (κ3) is 3.21. The van der Waals surface area contributed by atoms with Crippen molar-refractivity contribution in [1.29, 1.82) is 0 Å². The number of nitrogens with zero attached hydrogens (tertiary/aromatic N) is 3. The van der Waals surface area contributed by atoms with E-state index in [-0.39, 0.29) is 44.6 Å². The fourth-order valence-electron chi connectivity index (χ4n) is 2.69. The summed E-state index contributed by atoms with van der Waals surface area (Å²) in [5.41, 5.74) is 5.78. The first-order chi connectivity index (χ1) is 11.9. The number of carbonyl (C=O) groups excluding carboxylic acids is 1. The lowest BCUT2D eigenvalue weighted by Gasteiger charge is -2.16. The lowest BCUT2D eigenvalue weighted by Crippen LogP contribution is -2.29. The van der Waals surface area contributed by atoms with Crippen LogP contribution in [0.1, 0.15) is 23.3 Å². The number of rotatable bonds is 3. The molecule has 3 rings (SSSR count). The Morgan fingerprint density at radius 2 is 1.96 bits per heavy atom. The number of nitrogen functional groups attached to an aromatic ring is 1. The molecule has 1 aromatic carbocycles. The number of nitrogens with two attached hydrogens (primary N) is 1. The molecule has 1 aliphatic heterocycles. The van der Waals surface area contributed by atoms with E-state index in [0.717, 1.165) is 12.8 Å². The molecular weight excluding hydrogens is 370 g/mol. The molecule has 0 atom stereocenters. The minimum Gasteiger partial charge on any atom is -0.492 e. The van der Waals surface area contributed by atoms with E-state index in [0.29, 0.717) is 13.1 Å². The van der Waals surface area contributed by atoms with Gasteiger partial charge in [0.2, 0.25) is 0 Å². The average molecular weight is 385 g/mol. The van der Waals surface area contributed by atoms with Crippen molar-refractivity contribution < 1.29 is 13.9 Å². The van der Waals surface area contributed by atoms with Crippen molar-refractivity contribution in [2.45, 2.75) is 12.8 Å². The highest BCUT2D eigenvalue weighted by atomic mass is 35.5. The van der Waals surface area contributed by atoms with Crippen molar-refractivity contribution in [1.82, 2.24) is 14.9 Å². The molecule has 0 radical (unpaired) electrons. The molecule has 2 heterocycles. The molecule has 2 aromatic rings. The Kier molecular flexibility index (Phi) is 4.96. The van der Waals surface area contributed by atoms with Gasteiger partial charge >= 0.3 is 0 Å². The van der Waals surface area contributed by atoms with Crippen LogP contribution in [0, 0.1) is 5.82 Å². The molecule has 1 aromatic heterocycles. The van der Waals surface area contributed by atoms with Gasteiger partial charge in [0.05, 0.1) is 17.7 Å². The van der Waals surface area contributed by atoms with Crippen LogP contribution in [0.3, 0.4) is 0 Å². The number of anilines is 1. The van der Waals surface area contributed by atoms with Crippen molar-refractivity contribution in [3.8, 4) is 17.1 Å². The SMILES string of the molecule is COc1c(Cl)ccc(-c2nc(N)c(Cl)c(C(=O)N3CCCC3)n2)c1F. The maximum atomic E-state index is 14.6. The normalized spacial score (nSPS) is 14.0. The molecule has 0 spiro atoms. The monoisotopic (exact) mass is 384 g/mol. The molecule has 6 nitrogen and oxygen atoms in total. The maximum absolute atomic E-state index is 14.6. The summed E-state index contributed by atoms with van der Waals surface area (Å²) in [7, 11) is 1.30. The van der Waals surface area contributed by atoms with Crippen LogP contribution in [0.15, 0.2) is 12.1 Å². The molecule has 1 aliphatic rings. The zero-order valence-electron chi connectivity index (χ0n) is 13.4. The van der Waals surface area contributed by atoms with Crippen LogP contribution in [0.5, 0.6) is 5.75 Å². The number of benzene rings is 1. The van der Waals surface area contributed by atoms with Gasteiger partial charge in [0, 0.05) is 13.1 Å². The topological polar surface area (TPSA) is 81.3 Å². The number of aromatic nitrogens is 2. The van der Waals surface area contributed by atoms with Crippen LogP contribution < -0.4 is 10.5 Å². The molecule has 1 fully saturated rings. The summed E-state index contributed by atoms with van der Waals surface area (Å²) in [5.74, 6) is -1.38. The number of amides is 1. The molecule has 0 bridgehead atoms. The second-order valence-corrected chi connectivity index (χ2v) is 6.32. The Morgan fingerprint density at radius 1 is 1.28 bits per heavy atom. The van der Waals surface area contributed by atoms with Crippen molar-refractivity contribution in [3.63, 3.8) is 0 Å². The van der Waals surface area contributed by atoms with Gasteiger partial charge in [0.1, 0.15) is 10.8 Å². The predicted octanol–water partition coefficient (Wildman–Crippen LogP) is 3.42. The maximum Gasteiger partial charge on any atom is 0.274 e. The average Bonchev–Trinajstić information content (AvgIpc) is 3.12. The summed E-state index contributed by atoms with van der Waals surface area (Å²) in [4.78, 5) is 22.4. The Hall–Kier alpha value is -2.12. The van der Waals surface area contributed by atoms with Gasteiger partial charge in [-0.3, -0.25) is 4.79 Å². The molecule has 0 unspecified atom stereocenters.